The van der Waals surface area contributed by atoms with Crippen LogP contribution >= 0.6 is 0 Å². The van der Waals surface area contributed by atoms with Gasteiger partial charge in [0.15, 0.2) is 0 Å². The van der Waals surface area contributed by atoms with Gasteiger partial charge in [-0.15, -0.1) is 5.10 Å². The minimum atomic E-state index is 0.179. The average molecular weight is 190 g/mol. The van der Waals surface area contributed by atoms with Crippen LogP contribution < -0.4 is 10.6 Å². The number of nitrogens with one attached hydrogen (secondary N) is 1. The maximum Gasteiger partial charge on any atom is 0.237 e. The zero-order chi connectivity index (χ0) is 10.3. The molecule has 0 saturated carbocycles. The van der Waals surface area contributed by atoms with E-state index in [-0.39, 0.29) is 5.41 Å². The molecule has 0 bridgehead atoms. The summed E-state index contributed by atoms with van der Waals surface area (Å²) < 4.78 is 0. The van der Waals surface area contributed by atoms with Gasteiger partial charge in [0.05, 0.1) is 5.39 Å². The van der Waals surface area contributed by atoms with E-state index in [1.165, 1.54) is 10.4 Å². The van der Waals surface area contributed by atoms with Gasteiger partial charge in [-0.05, 0) is 27.9 Å². The molecular formula is C11H16N3+. The molecule has 2 rings (SSSR count). The largest absolute Gasteiger partial charge is 0.237 e. The van der Waals surface area contributed by atoms with Crippen LogP contribution in [0.2, 0.25) is 0 Å². The van der Waals surface area contributed by atoms with Crippen molar-refractivity contribution in [2.24, 2.45) is 0 Å². The topological polar surface area (TPSA) is 45.7 Å². The molecule has 1 aromatic heterocycles. The van der Waals surface area contributed by atoms with Gasteiger partial charge in [-0.25, -0.2) is 0 Å². The van der Waals surface area contributed by atoms with E-state index in [2.05, 4.69) is 44.1 Å². The third-order valence-corrected chi connectivity index (χ3v) is 2.45. The Bertz CT molecular complexity index is 463. The van der Waals surface area contributed by atoms with Crippen molar-refractivity contribution in [3.63, 3.8) is 0 Å². The van der Waals surface area contributed by atoms with Crippen LogP contribution in [-0.2, 0) is 5.41 Å². The lowest BCUT2D eigenvalue weighted by molar-refractivity contribution is -0.694. The lowest BCUT2D eigenvalue weighted by Gasteiger charge is -2.18. The molecular weight excluding hydrogens is 174 g/mol. The summed E-state index contributed by atoms with van der Waals surface area (Å²) in [7, 11) is 0. The molecule has 0 radical (unpaired) electrons. The summed E-state index contributed by atoms with van der Waals surface area (Å²) in [6.45, 7) is 6.61. The molecule has 1 heterocycles. The predicted molar refractivity (Wildman–Crippen MR) is 57.3 cm³/mol. The van der Waals surface area contributed by atoms with Crippen LogP contribution in [0.15, 0.2) is 24.4 Å². The molecule has 0 aliphatic rings. The van der Waals surface area contributed by atoms with Crippen LogP contribution in [0.3, 0.4) is 0 Å². The number of aromatic nitrogens is 2. The van der Waals surface area contributed by atoms with Crippen LogP contribution in [0.4, 0.5) is 0 Å². The van der Waals surface area contributed by atoms with Crippen molar-refractivity contribution in [2.75, 3.05) is 5.84 Å². The minimum Gasteiger partial charge on any atom is -0.183 e. The average Bonchev–Trinajstić information content (AvgIpc) is 2.41. The smallest absolute Gasteiger partial charge is 0.183 e. The molecule has 0 saturated heterocycles. The first-order valence-corrected chi connectivity index (χ1v) is 4.77. The molecule has 0 fully saturated rings. The van der Waals surface area contributed by atoms with E-state index in [4.69, 9.17) is 5.84 Å². The molecule has 0 unspecified atom stereocenters. The number of hydrogen-bond donors (Lipinski definition) is 2. The number of nitrogens with two attached hydrogens (primary N) is 1. The van der Waals surface area contributed by atoms with E-state index >= 15 is 0 Å². The van der Waals surface area contributed by atoms with Crippen molar-refractivity contribution in [1.82, 2.24) is 5.10 Å². The highest BCUT2D eigenvalue weighted by atomic mass is 15.5. The van der Waals surface area contributed by atoms with Gasteiger partial charge in [0, 0.05) is 0 Å². The summed E-state index contributed by atoms with van der Waals surface area (Å²) in [5.41, 5.74) is 2.58. The Morgan fingerprint density at radius 1 is 1.29 bits per heavy atom. The number of aromatic amines is 1. The summed E-state index contributed by atoms with van der Waals surface area (Å²) >= 11 is 0. The predicted octanol–water partition coefficient (Wildman–Crippen LogP) is 1.47. The highest BCUT2D eigenvalue weighted by molar-refractivity contribution is 5.77. The van der Waals surface area contributed by atoms with E-state index < -0.39 is 0 Å². The van der Waals surface area contributed by atoms with Crippen molar-refractivity contribution in [3.05, 3.63) is 30.0 Å². The normalized spacial score (nSPS) is 12.2. The van der Waals surface area contributed by atoms with E-state index in [9.17, 15) is 0 Å². The van der Waals surface area contributed by atoms with Crippen LogP contribution in [0, 0.1) is 0 Å². The lowest BCUT2D eigenvalue weighted by Crippen LogP contribution is -2.45. The van der Waals surface area contributed by atoms with Gasteiger partial charge in [0.2, 0.25) is 6.20 Å². The Labute approximate surface area is 83.5 Å². The molecule has 2 aromatic rings. The van der Waals surface area contributed by atoms with Crippen molar-refractivity contribution in [1.29, 1.82) is 0 Å². The summed E-state index contributed by atoms with van der Waals surface area (Å²) in [4.78, 5) is 1.48. The quantitative estimate of drug-likeness (QED) is 0.479. The first kappa shape index (κ1) is 9.06. The SMILES string of the molecule is CC(C)(C)c1ccc2c[n+](N)[nH]c2c1. The summed E-state index contributed by atoms with van der Waals surface area (Å²) in [6.07, 6.45) is 1.88. The maximum atomic E-state index is 5.61. The molecule has 0 aliphatic carbocycles. The number of nitrogen functional groups attached to an aromatic ring is 1. The third-order valence-electron chi connectivity index (χ3n) is 2.45. The molecule has 0 amide bonds. The number of benzene rings is 1. The maximum absolute atomic E-state index is 5.61. The second-order valence-electron chi connectivity index (χ2n) is 4.70. The highest BCUT2D eigenvalue weighted by Crippen LogP contribution is 2.24. The van der Waals surface area contributed by atoms with Crippen LogP contribution in [0.5, 0.6) is 0 Å². The molecule has 3 N–H and O–H groups in total. The number of fused-ring (bicyclic) bond motifs is 1. The van der Waals surface area contributed by atoms with Gasteiger partial charge in [-0.2, -0.15) is 5.84 Å². The zero-order valence-electron chi connectivity index (χ0n) is 8.83. The Morgan fingerprint density at radius 2 is 2.00 bits per heavy atom. The molecule has 3 nitrogen and oxygen atoms in total. The van der Waals surface area contributed by atoms with E-state index in [0.717, 1.165) is 10.9 Å². The molecule has 1 aromatic carbocycles. The van der Waals surface area contributed by atoms with Gasteiger partial charge in [-0.3, -0.25) is 0 Å². The van der Waals surface area contributed by atoms with E-state index in [1.807, 2.05) is 6.20 Å². The minimum absolute atomic E-state index is 0.179. The summed E-state index contributed by atoms with van der Waals surface area (Å²) in [6, 6.07) is 6.39. The number of hydrogen-bond acceptors (Lipinski definition) is 1. The van der Waals surface area contributed by atoms with Crippen molar-refractivity contribution in [3.8, 4) is 0 Å². The van der Waals surface area contributed by atoms with Gasteiger partial charge in [0.25, 0.3) is 0 Å². The first-order chi connectivity index (χ1) is 6.47. The molecule has 14 heavy (non-hydrogen) atoms. The Kier molecular flexibility index (Phi) is 1.77. The van der Waals surface area contributed by atoms with Crippen LogP contribution in [0.1, 0.15) is 26.3 Å². The van der Waals surface area contributed by atoms with Gasteiger partial charge >= 0.3 is 0 Å². The van der Waals surface area contributed by atoms with E-state index in [1.54, 1.807) is 0 Å². The Morgan fingerprint density at radius 3 is 2.64 bits per heavy atom. The van der Waals surface area contributed by atoms with Crippen molar-refractivity contribution in [2.45, 2.75) is 26.2 Å². The van der Waals surface area contributed by atoms with E-state index in [0.29, 0.717) is 0 Å². The highest BCUT2D eigenvalue weighted by Gasteiger charge is 2.15. The first-order valence-electron chi connectivity index (χ1n) is 4.77. The van der Waals surface area contributed by atoms with Gasteiger partial charge in [0.1, 0.15) is 5.52 Å². The fraction of sp³-hybridized carbons (Fsp3) is 0.364. The third kappa shape index (κ3) is 1.45. The standard InChI is InChI=1S/C11H15N3/c1-11(2,3)9-5-4-8-7-14(12)13-10(8)6-9/h4-7H,12H2,1-3H3/p+1. The van der Waals surface area contributed by atoms with Crippen molar-refractivity contribution >= 4 is 10.9 Å². The monoisotopic (exact) mass is 190 g/mol. The molecule has 0 atom stereocenters. The Balaban J connectivity index is 2.62. The van der Waals surface area contributed by atoms with Crippen LogP contribution in [-0.4, -0.2) is 5.10 Å². The van der Waals surface area contributed by atoms with Gasteiger partial charge in [-0.1, -0.05) is 26.8 Å². The van der Waals surface area contributed by atoms with Gasteiger partial charge < -0.3 is 0 Å². The summed E-state index contributed by atoms with van der Waals surface area (Å²) in [5.74, 6) is 5.61. The Hall–Kier alpha value is -1.51. The number of rotatable bonds is 0. The fourth-order valence-electron chi connectivity index (χ4n) is 1.55. The molecule has 74 valence electrons. The fourth-order valence-corrected chi connectivity index (χ4v) is 1.55. The van der Waals surface area contributed by atoms with Crippen LogP contribution in [0.25, 0.3) is 10.9 Å². The zero-order valence-corrected chi connectivity index (χ0v) is 8.83. The molecule has 3 heteroatoms. The lowest BCUT2D eigenvalue weighted by atomic mass is 9.87. The number of H-pyrrole nitrogens is 1. The molecule has 0 aliphatic heterocycles. The molecule has 0 spiro atoms. The second kappa shape index (κ2) is 2.74. The second-order valence-corrected chi connectivity index (χ2v) is 4.70. The summed E-state index contributed by atoms with van der Waals surface area (Å²) in [5, 5.41) is 4.20. The van der Waals surface area contributed by atoms with Crippen molar-refractivity contribution < 1.29 is 4.79 Å². The number of nitrogens with zero attached hydrogens (tertiary/aromatic N) is 1.